The minimum absolute atomic E-state index is 0.0666. The number of rotatable bonds is 4. The maximum absolute atomic E-state index is 12.9. The van der Waals surface area contributed by atoms with E-state index >= 15 is 0 Å². The topological polar surface area (TPSA) is 92.4 Å². The highest BCUT2D eigenvalue weighted by Crippen LogP contribution is 2.18. The highest BCUT2D eigenvalue weighted by atomic mass is 32.2. The van der Waals surface area contributed by atoms with Gasteiger partial charge in [0.1, 0.15) is 5.82 Å². The Morgan fingerprint density at radius 3 is 2.46 bits per heavy atom. The number of benzene rings is 2. The van der Waals surface area contributed by atoms with E-state index in [1.165, 1.54) is 35.6 Å². The van der Waals surface area contributed by atoms with Crippen LogP contribution in [0.2, 0.25) is 0 Å². The Kier molecular flexibility index (Phi) is 6.65. The molecule has 9 heteroatoms. The van der Waals surface area contributed by atoms with Crippen molar-refractivity contribution in [2.45, 2.75) is 18.4 Å². The smallest absolute Gasteiger partial charge is 0.294 e. The van der Waals surface area contributed by atoms with Crippen molar-refractivity contribution in [1.82, 2.24) is 4.57 Å². The molecule has 0 saturated carbocycles. The summed E-state index contributed by atoms with van der Waals surface area (Å²) in [6.45, 7) is 3.02. The number of methoxy groups -OCH3 is 1. The van der Waals surface area contributed by atoms with Gasteiger partial charge in [0.05, 0.1) is 21.7 Å². The quantitative estimate of drug-likeness (QED) is 0.660. The molecule has 0 saturated heterocycles. The van der Waals surface area contributed by atoms with Crippen molar-refractivity contribution in [3.05, 3.63) is 58.6 Å². The van der Waals surface area contributed by atoms with Crippen LogP contribution in [0.4, 0.5) is 4.39 Å². The molecular weight excluding hydrogens is 379 g/mol. The lowest BCUT2D eigenvalue weighted by Crippen LogP contribution is -2.15. The van der Waals surface area contributed by atoms with Crippen LogP contribution in [0, 0.1) is 18.2 Å². The van der Waals surface area contributed by atoms with E-state index in [2.05, 4.69) is 0 Å². The first-order valence-electron chi connectivity index (χ1n) is 7.59. The largest absolute Gasteiger partial charge is 0.383 e. The predicted molar refractivity (Wildman–Crippen MR) is 98.5 cm³/mol. The maximum Gasteiger partial charge on any atom is 0.294 e. The van der Waals surface area contributed by atoms with Crippen molar-refractivity contribution in [3.63, 3.8) is 0 Å². The average molecular weight is 398 g/mol. The Balaban J connectivity index is 0.000000197. The number of hydrogen-bond donors (Lipinski definition) is 2. The molecule has 2 aromatic carbocycles. The molecule has 0 aliphatic carbocycles. The van der Waals surface area contributed by atoms with Gasteiger partial charge >= 0.3 is 0 Å². The third-order valence-corrected chi connectivity index (χ3v) is 5.33. The van der Waals surface area contributed by atoms with E-state index in [0.29, 0.717) is 18.0 Å². The van der Waals surface area contributed by atoms with Crippen LogP contribution >= 0.6 is 11.3 Å². The van der Waals surface area contributed by atoms with Crippen LogP contribution in [0.1, 0.15) is 5.56 Å². The van der Waals surface area contributed by atoms with E-state index in [1.54, 1.807) is 25.3 Å². The SMILES string of the molecule is COCCn1c(=N)sc2cc(F)ccc21.Cc1ccc(S(=O)(=O)O)cc1. The number of nitrogens with zero attached hydrogens (tertiary/aromatic N) is 1. The number of hydrogen-bond acceptors (Lipinski definition) is 5. The third-order valence-electron chi connectivity index (χ3n) is 3.50. The molecule has 0 radical (unpaired) electrons. The minimum Gasteiger partial charge on any atom is -0.383 e. The molecule has 1 aromatic heterocycles. The highest BCUT2D eigenvalue weighted by molar-refractivity contribution is 7.85. The van der Waals surface area contributed by atoms with Gasteiger partial charge in [-0.2, -0.15) is 8.42 Å². The second-order valence-corrected chi connectivity index (χ2v) is 7.90. The fraction of sp³-hybridized carbons (Fsp3) is 0.235. The van der Waals surface area contributed by atoms with Gasteiger partial charge in [0.15, 0.2) is 4.80 Å². The maximum atomic E-state index is 12.9. The van der Waals surface area contributed by atoms with E-state index in [9.17, 15) is 12.8 Å². The Morgan fingerprint density at radius 1 is 1.23 bits per heavy atom. The number of fused-ring (bicyclic) bond motifs is 1. The zero-order chi connectivity index (χ0) is 19.3. The first kappa shape index (κ1) is 20.2. The van der Waals surface area contributed by atoms with Crippen LogP contribution < -0.4 is 4.80 Å². The van der Waals surface area contributed by atoms with Crippen molar-refractivity contribution in [2.24, 2.45) is 0 Å². The summed E-state index contributed by atoms with van der Waals surface area (Å²) in [5.41, 5.74) is 1.85. The molecule has 0 bridgehead atoms. The van der Waals surface area contributed by atoms with Gasteiger partial charge in [0.2, 0.25) is 0 Å². The summed E-state index contributed by atoms with van der Waals surface area (Å²) in [7, 11) is -2.40. The molecule has 26 heavy (non-hydrogen) atoms. The van der Waals surface area contributed by atoms with Gasteiger partial charge in [-0.25, -0.2) is 4.39 Å². The molecule has 0 unspecified atom stereocenters. The molecule has 3 rings (SSSR count). The summed E-state index contributed by atoms with van der Waals surface area (Å²) in [5.74, 6) is -0.261. The first-order chi connectivity index (χ1) is 12.2. The monoisotopic (exact) mass is 398 g/mol. The molecule has 1 heterocycles. The normalized spacial score (nSPS) is 11.2. The van der Waals surface area contributed by atoms with Gasteiger partial charge < -0.3 is 9.30 Å². The van der Waals surface area contributed by atoms with E-state index in [1.807, 2.05) is 11.5 Å². The number of ether oxygens (including phenoxy) is 1. The van der Waals surface area contributed by atoms with Crippen LogP contribution in [0.3, 0.4) is 0 Å². The van der Waals surface area contributed by atoms with E-state index in [0.717, 1.165) is 15.8 Å². The summed E-state index contributed by atoms with van der Waals surface area (Å²) in [5, 5.41) is 7.75. The summed E-state index contributed by atoms with van der Waals surface area (Å²) < 4.78 is 50.1. The number of nitrogens with one attached hydrogen (secondary N) is 1. The molecule has 0 atom stereocenters. The van der Waals surface area contributed by atoms with Crippen molar-refractivity contribution in [3.8, 4) is 0 Å². The second-order valence-electron chi connectivity index (χ2n) is 5.45. The van der Waals surface area contributed by atoms with E-state index in [-0.39, 0.29) is 10.7 Å². The molecule has 6 nitrogen and oxygen atoms in total. The molecule has 0 amide bonds. The Labute approximate surface area is 154 Å². The van der Waals surface area contributed by atoms with Gasteiger partial charge in [-0.3, -0.25) is 9.96 Å². The molecule has 3 aromatic rings. The average Bonchev–Trinajstić information content (AvgIpc) is 2.87. The predicted octanol–water partition coefficient (Wildman–Crippen LogP) is 3.21. The van der Waals surface area contributed by atoms with Crippen molar-refractivity contribution in [1.29, 1.82) is 5.41 Å². The van der Waals surface area contributed by atoms with Crippen LogP contribution in [-0.4, -0.2) is 31.3 Å². The lowest BCUT2D eigenvalue weighted by atomic mass is 10.2. The molecule has 140 valence electrons. The van der Waals surface area contributed by atoms with Crippen molar-refractivity contribution >= 4 is 31.7 Å². The van der Waals surface area contributed by atoms with Crippen LogP contribution in [0.5, 0.6) is 0 Å². The Bertz CT molecular complexity index is 1040. The molecular formula is C17H19FN2O4S2. The molecule has 0 fully saturated rings. The minimum atomic E-state index is -4.02. The van der Waals surface area contributed by atoms with Crippen LogP contribution in [0.15, 0.2) is 47.4 Å². The zero-order valence-electron chi connectivity index (χ0n) is 14.3. The third kappa shape index (κ3) is 5.21. The number of aromatic nitrogens is 1. The number of aryl methyl sites for hydroxylation is 1. The molecule has 0 spiro atoms. The fourth-order valence-electron chi connectivity index (χ4n) is 2.18. The summed E-state index contributed by atoms with van der Waals surface area (Å²) in [4.78, 5) is 0.357. The Hall–Kier alpha value is -2.07. The molecule has 0 aliphatic rings. The molecule has 2 N–H and O–H groups in total. The standard InChI is InChI=1S/C10H11FN2OS.C7H8O3S/c1-14-5-4-13-8-3-2-7(11)6-9(8)15-10(13)12;1-6-2-4-7(5-3-6)11(8,9)10/h2-3,6,12H,4-5H2,1H3;2-5H,1H3,(H,8,9,10). The van der Waals surface area contributed by atoms with Gasteiger partial charge in [0.25, 0.3) is 10.1 Å². The van der Waals surface area contributed by atoms with Crippen molar-refractivity contribution < 1.29 is 22.1 Å². The fourth-order valence-corrected chi connectivity index (χ4v) is 3.62. The van der Waals surface area contributed by atoms with E-state index < -0.39 is 10.1 Å². The number of thiazole rings is 1. The summed E-state index contributed by atoms with van der Waals surface area (Å²) in [6.07, 6.45) is 0. The number of halogens is 1. The lowest BCUT2D eigenvalue weighted by Gasteiger charge is -2.02. The highest BCUT2D eigenvalue weighted by Gasteiger charge is 2.07. The van der Waals surface area contributed by atoms with E-state index in [4.69, 9.17) is 14.7 Å². The van der Waals surface area contributed by atoms with Gasteiger partial charge in [-0.15, -0.1) is 0 Å². The molecule has 0 aliphatic heterocycles. The first-order valence-corrected chi connectivity index (χ1v) is 9.84. The Morgan fingerprint density at radius 2 is 1.88 bits per heavy atom. The van der Waals surface area contributed by atoms with Crippen LogP contribution in [-0.2, 0) is 21.4 Å². The van der Waals surface area contributed by atoms with Gasteiger partial charge in [-0.05, 0) is 37.3 Å². The summed E-state index contributed by atoms with van der Waals surface area (Å²) in [6, 6.07) is 10.6. The lowest BCUT2D eigenvalue weighted by molar-refractivity contribution is 0.187. The zero-order valence-corrected chi connectivity index (χ0v) is 15.9. The summed E-state index contributed by atoms with van der Waals surface area (Å²) >= 11 is 1.28. The second kappa shape index (κ2) is 8.54. The van der Waals surface area contributed by atoms with Gasteiger partial charge in [0, 0.05) is 13.7 Å². The van der Waals surface area contributed by atoms with Gasteiger partial charge in [-0.1, -0.05) is 29.0 Å². The van der Waals surface area contributed by atoms with Crippen molar-refractivity contribution in [2.75, 3.05) is 13.7 Å². The van der Waals surface area contributed by atoms with Crippen LogP contribution in [0.25, 0.3) is 10.2 Å².